The number of aromatic nitrogens is 1. The van der Waals surface area contributed by atoms with Crippen molar-refractivity contribution in [3.05, 3.63) is 23.9 Å². The molecule has 0 radical (unpaired) electrons. The Bertz CT molecular complexity index is 730. The maximum Gasteiger partial charge on any atom is 0.417 e. The van der Waals surface area contributed by atoms with Gasteiger partial charge in [-0.2, -0.15) is 13.2 Å². The minimum Gasteiger partial charge on any atom is -0.481 e. The highest BCUT2D eigenvalue weighted by molar-refractivity contribution is 5.87. The summed E-state index contributed by atoms with van der Waals surface area (Å²) in [5.74, 6) is -1.84. The molecule has 2 aliphatic rings. The molecule has 6 nitrogen and oxygen atoms in total. The summed E-state index contributed by atoms with van der Waals surface area (Å²) in [6, 6.07) is 2.30. The second-order valence-electron chi connectivity index (χ2n) is 7.78. The molecule has 2 unspecified atom stereocenters. The van der Waals surface area contributed by atoms with Crippen LogP contribution in [0, 0.1) is 23.7 Å². The average molecular weight is 399 g/mol. The summed E-state index contributed by atoms with van der Waals surface area (Å²) in [7, 11) is 0. The van der Waals surface area contributed by atoms with E-state index in [1.54, 1.807) is 0 Å². The van der Waals surface area contributed by atoms with Crippen LogP contribution in [0.1, 0.15) is 32.3 Å². The molecule has 28 heavy (non-hydrogen) atoms. The number of hydrogen-bond donors (Lipinski definition) is 2. The van der Waals surface area contributed by atoms with Gasteiger partial charge >= 0.3 is 12.1 Å². The Hall–Kier alpha value is -2.32. The second kappa shape index (κ2) is 7.60. The van der Waals surface area contributed by atoms with Crippen LogP contribution in [0.5, 0.6) is 0 Å². The number of hydrogen-bond acceptors (Lipinski definition) is 4. The van der Waals surface area contributed by atoms with E-state index in [2.05, 4.69) is 10.3 Å². The number of halogens is 3. The van der Waals surface area contributed by atoms with Crippen molar-refractivity contribution in [3.8, 4) is 0 Å². The number of pyridine rings is 1. The van der Waals surface area contributed by atoms with Crippen LogP contribution in [0.3, 0.4) is 0 Å². The maximum absolute atomic E-state index is 12.6. The van der Waals surface area contributed by atoms with Gasteiger partial charge in [0.25, 0.3) is 0 Å². The van der Waals surface area contributed by atoms with Crippen LogP contribution in [0.15, 0.2) is 18.3 Å². The highest BCUT2D eigenvalue weighted by Gasteiger charge is 2.53. The Morgan fingerprint density at radius 2 is 1.75 bits per heavy atom. The van der Waals surface area contributed by atoms with Crippen molar-refractivity contribution >= 4 is 17.7 Å². The van der Waals surface area contributed by atoms with Gasteiger partial charge in [-0.3, -0.25) is 9.59 Å². The first kappa shape index (κ1) is 20.4. The van der Waals surface area contributed by atoms with Gasteiger partial charge in [0.05, 0.1) is 17.4 Å². The van der Waals surface area contributed by atoms with Crippen molar-refractivity contribution in [2.45, 2.75) is 38.9 Å². The van der Waals surface area contributed by atoms with Crippen molar-refractivity contribution in [2.24, 2.45) is 23.7 Å². The lowest BCUT2D eigenvalue weighted by Crippen LogP contribution is -2.57. The Morgan fingerprint density at radius 1 is 1.14 bits per heavy atom. The molecule has 1 aliphatic heterocycles. The molecule has 2 fully saturated rings. The summed E-state index contributed by atoms with van der Waals surface area (Å²) in [5.41, 5.74) is -0.782. The summed E-state index contributed by atoms with van der Waals surface area (Å²) < 4.78 is 37.9. The van der Waals surface area contributed by atoms with Crippen LogP contribution < -0.4 is 10.2 Å². The van der Waals surface area contributed by atoms with Crippen molar-refractivity contribution in [3.63, 3.8) is 0 Å². The highest BCUT2D eigenvalue weighted by Crippen LogP contribution is 2.46. The Morgan fingerprint density at radius 3 is 2.25 bits per heavy atom. The molecule has 1 aliphatic carbocycles. The molecule has 1 saturated carbocycles. The van der Waals surface area contributed by atoms with Gasteiger partial charge in [-0.25, -0.2) is 4.98 Å². The van der Waals surface area contributed by atoms with Crippen LogP contribution >= 0.6 is 0 Å². The van der Waals surface area contributed by atoms with Gasteiger partial charge < -0.3 is 15.3 Å². The maximum atomic E-state index is 12.6. The normalized spacial score (nSPS) is 28.5. The lowest BCUT2D eigenvalue weighted by atomic mass is 9.57. The molecule has 2 heterocycles. The fourth-order valence-corrected chi connectivity index (χ4v) is 4.23. The van der Waals surface area contributed by atoms with Crippen LogP contribution in [0.2, 0.25) is 0 Å². The van der Waals surface area contributed by atoms with E-state index in [0.29, 0.717) is 31.7 Å². The van der Waals surface area contributed by atoms with Crippen LogP contribution in [-0.4, -0.2) is 41.1 Å². The monoisotopic (exact) mass is 399 g/mol. The van der Waals surface area contributed by atoms with Crippen LogP contribution in [0.25, 0.3) is 0 Å². The zero-order chi connectivity index (χ0) is 20.6. The van der Waals surface area contributed by atoms with Gasteiger partial charge in [0.15, 0.2) is 0 Å². The number of aliphatic carboxylic acids is 1. The largest absolute Gasteiger partial charge is 0.481 e. The van der Waals surface area contributed by atoms with E-state index in [0.717, 1.165) is 12.3 Å². The quantitative estimate of drug-likeness (QED) is 0.814. The van der Waals surface area contributed by atoms with E-state index < -0.39 is 29.5 Å². The minimum atomic E-state index is -4.41. The number of carboxylic acids is 1. The predicted octanol–water partition coefficient (Wildman–Crippen LogP) is 2.79. The average Bonchev–Trinajstić information content (AvgIpc) is 2.64. The van der Waals surface area contributed by atoms with Crippen molar-refractivity contribution in [1.82, 2.24) is 10.3 Å². The molecule has 1 saturated heterocycles. The zero-order valence-electron chi connectivity index (χ0n) is 15.7. The molecule has 4 atom stereocenters. The van der Waals surface area contributed by atoms with E-state index in [9.17, 15) is 27.9 Å². The van der Waals surface area contributed by atoms with E-state index in [4.69, 9.17) is 0 Å². The first-order valence-corrected chi connectivity index (χ1v) is 9.41. The number of carbonyl (C=O) groups excluding carboxylic acids is 1. The lowest BCUT2D eigenvalue weighted by Gasteiger charge is -2.46. The van der Waals surface area contributed by atoms with Crippen molar-refractivity contribution < 1.29 is 27.9 Å². The summed E-state index contributed by atoms with van der Waals surface area (Å²) in [6.45, 7) is 4.86. The Labute approximate surface area is 161 Å². The molecule has 0 spiro atoms. The third kappa shape index (κ3) is 3.93. The van der Waals surface area contributed by atoms with E-state index >= 15 is 0 Å². The predicted molar refractivity (Wildman–Crippen MR) is 95.6 cm³/mol. The van der Waals surface area contributed by atoms with Crippen molar-refractivity contribution in [1.29, 1.82) is 0 Å². The summed E-state index contributed by atoms with van der Waals surface area (Å²) >= 11 is 0. The van der Waals surface area contributed by atoms with Gasteiger partial charge in [-0.1, -0.05) is 13.8 Å². The smallest absolute Gasteiger partial charge is 0.417 e. The topological polar surface area (TPSA) is 82.5 Å². The van der Waals surface area contributed by atoms with E-state index in [1.807, 2.05) is 18.7 Å². The molecule has 9 heteroatoms. The molecule has 1 aromatic heterocycles. The number of nitrogens with one attached hydrogen (secondary N) is 1. The Balaban J connectivity index is 1.53. The standard InChI is InChI=1S/C19H24F3N3O3/c1-10-11(2)16(18(27)28)15(10)17(26)24-13-5-7-25(8-6-13)14-4-3-12(9-23-14)19(20,21)22/h3-4,9-11,13,15-16H,5-8H2,1-2H3,(H,24,26)(H,27,28)/t10?,11?,15-,16+/m0/s1. The second-order valence-corrected chi connectivity index (χ2v) is 7.78. The first-order chi connectivity index (χ1) is 13.1. The highest BCUT2D eigenvalue weighted by atomic mass is 19.4. The molecule has 0 bridgehead atoms. The molecular formula is C19H24F3N3O3. The number of carboxylic acid groups (broad SMARTS) is 1. The SMILES string of the molecule is CC1C(C)[C@H](C(=O)NC2CCN(c3ccc(C(F)(F)F)cn3)CC2)[C@@H]1C(=O)O. The number of rotatable bonds is 4. The van der Waals surface area contributed by atoms with Crippen molar-refractivity contribution in [2.75, 3.05) is 18.0 Å². The first-order valence-electron chi connectivity index (χ1n) is 9.41. The van der Waals surface area contributed by atoms with Crippen LogP contribution in [0.4, 0.5) is 19.0 Å². The zero-order valence-corrected chi connectivity index (χ0v) is 15.7. The van der Waals surface area contributed by atoms with Gasteiger partial charge in [-0.05, 0) is 36.8 Å². The number of carbonyl (C=O) groups is 2. The lowest BCUT2D eigenvalue weighted by molar-refractivity contribution is -0.164. The fourth-order valence-electron chi connectivity index (χ4n) is 4.23. The molecule has 154 valence electrons. The third-order valence-corrected chi connectivity index (χ3v) is 6.18. The fraction of sp³-hybridized carbons (Fsp3) is 0.632. The number of piperidine rings is 1. The van der Waals surface area contributed by atoms with E-state index in [1.165, 1.54) is 6.07 Å². The number of alkyl halides is 3. The summed E-state index contributed by atoms with van der Waals surface area (Å²) in [5, 5.41) is 12.3. The molecule has 1 amide bonds. The van der Waals surface area contributed by atoms with Gasteiger partial charge in [-0.15, -0.1) is 0 Å². The van der Waals surface area contributed by atoms with Crippen LogP contribution in [-0.2, 0) is 15.8 Å². The number of nitrogens with zero attached hydrogens (tertiary/aromatic N) is 2. The van der Waals surface area contributed by atoms with Gasteiger partial charge in [0, 0.05) is 25.3 Å². The van der Waals surface area contributed by atoms with Gasteiger partial charge in [0.2, 0.25) is 5.91 Å². The van der Waals surface area contributed by atoms with E-state index in [-0.39, 0.29) is 23.8 Å². The Kier molecular flexibility index (Phi) is 5.54. The summed E-state index contributed by atoms with van der Waals surface area (Å²) in [6.07, 6.45) is -2.33. The molecule has 2 N–H and O–H groups in total. The minimum absolute atomic E-state index is 0.0255. The summed E-state index contributed by atoms with van der Waals surface area (Å²) in [4.78, 5) is 29.7. The molecule has 0 aromatic carbocycles. The number of amides is 1. The molecule has 1 aromatic rings. The number of anilines is 1. The third-order valence-electron chi connectivity index (χ3n) is 6.18. The molecule has 3 rings (SSSR count). The molecular weight excluding hydrogens is 375 g/mol. The van der Waals surface area contributed by atoms with Gasteiger partial charge in [0.1, 0.15) is 5.82 Å².